The second kappa shape index (κ2) is 7.60. The Hall–Kier alpha value is -1.79. The molecule has 0 fully saturated rings. The molecule has 0 saturated heterocycles. The first kappa shape index (κ1) is 17.2. The average molecular weight is 275 g/mol. The molecule has 0 atom stereocenters. The van der Waals surface area contributed by atoms with E-state index in [0.29, 0.717) is 11.3 Å². The maximum atomic E-state index is 11.7. The summed E-state index contributed by atoms with van der Waals surface area (Å²) in [5, 5.41) is 8.69. The van der Waals surface area contributed by atoms with Crippen LogP contribution in [0.2, 0.25) is 0 Å². The zero-order valence-corrected chi connectivity index (χ0v) is 11.8. The molecule has 0 unspecified atom stereocenters. The summed E-state index contributed by atoms with van der Waals surface area (Å²) in [6, 6.07) is 0. The van der Waals surface area contributed by atoms with Gasteiger partial charge in [-0.1, -0.05) is 13.3 Å². The monoisotopic (exact) mass is 275 g/mol. The van der Waals surface area contributed by atoms with E-state index < -0.39 is 30.3 Å². The first-order chi connectivity index (χ1) is 8.67. The summed E-state index contributed by atoms with van der Waals surface area (Å²) in [4.78, 5) is 34.4. The summed E-state index contributed by atoms with van der Waals surface area (Å²) in [5.41, 5.74) is -0.822. The van der Waals surface area contributed by atoms with Gasteiger partial charge >= 0.3 is 18.2 Å². The van der Waals surface area contributed by atoms with Crippen LogP contribution in [-0.4, -0.2) is 46.9 Å². The number of hydrogen-bond acceptors (Lipinski definition) is 5. The van der Waals surface area contributed by atoms with Crippen LogP contribution in [0.4, 0.5) is 9.59 Å². The molecule has 0 aromatic heterocycles. The number of carbonyl (C=O) groups is 3. The Kier molecular flexibility index (Phi) is 6.89. The summed E-state index contributed by atoms with van der Waals surface area (Å²) >= 11 is 0. The van der Waals surface area contributed by atoms with Crippen molar-refractivity contribution in [3.63, 3.8) is 0 Å². The number of nitrogens with zero attached hydrogens (tertiary/aromatic N) is 1. The van der Waals surface area contributed by atoms with Crippen LogP contribution in [0, 0.1) is 0 Å². The Morgan fingerprint density at radius 1 is 1.16 bits per heavy atom. The molecule has 0 rings (SSSR count). The number of imide groups is 1. The van der Waals surface area contributed by atoms with Gasteiger partial charge < -0.3 is 14.6 Å². The molecular formula is C12H21NO6. The van der Waals surface area contributed by atoms with E-state index in [1.807, 2.05) is 6.92 Å². The minimum Gasteiger partial charge on any atom is -0.480 e. The van der Waals surface area contributed by atoms with Crippen LogP contribution in [0.5, 0.6) is 0 Å². The molecule has 2 amide bonds. The molecule has 1 N–H and O–H groups in total. The molecule has 0 spiro atoms. The molecule has 0 aliphatic carbocycles. The lowest BCUT2D eigenvalue weighted by Gasteiger charge is -2.24. The van der Waals surface area contributed by atoms with E-state index in [2.05, 4.69) is 0 Å². The highest BCUT2D eigenvalue weighted by molar-refractivity contribution is 5.91. The van der Waals surface area contributed by atoms with Crippen LogP contribution < -0.4 is 0 Å². The average Bonchev–Trinajstić information content (AvgIpc) is 2.23. The van der Waals surface area contributed by atoms with E-state index in [9.17, 15) is 14.4 Å². The maximum absolute atomic E-state index is 11.7. The highest BCUT2D eigenvalue weighted by Crippen LogP contribution is 2.11. The molecule has 0 saturated carbocycles. The largest absolute Gasteiger partial charge is 0.480 e. The third-order valence-electron chi connectivity index (χ3n) is 1.85. The van der Waals surface area contributed by atoms with E-state index >= 15 is 0 Å². The topological polar surface area (TPSA) is 93.1 Å². The molecule has 7 nitrogen and oxygen atoms in total. The molecule has 0 aliphatic rings. The molecule has 0 aromatic carbocycles. The number of amides is 2. The number of carboxylic acid groups (broad SMARTS) is 1. The normalized spacial score (nSPS) is 10.7. The smallest absolute Gasteiger partial charge is 0.420 e. The molecule has 19 heavy (non-hydrogen) atoms. The number of unbranched alkanes of at least 4 members (excludes halogenated alkanes) is 1. The summed E-state index contributed by atoms with van der Waals surface area (Å²) in [6.07, 6.45) is -0.582. The van der Waals surface area contributed by atoms with Gasteiger partial charge in [-0.2, -0.15) is 0 Å². The van der Waals surface area contributed by atoms with E-state index in [1.54, 1.807) is 20.8 Å². The predicted molar refractivity (Wildman–Crippen MR) is 66.8 cm³/mol. The van der Waals surface area contributed by atoms with Crippen molar-refractivity contribution in [2.75, 3.05) is 13.2 Å². The fourth-order valence-electron chi connectivity index (χ4n) is 1.04. The van der Waals surface area contributed by atoms with Crippen molar-refractivity contribution in [1.29, 1.82) is 0 Å². The summed E-state index contributed by atoms with van der Waals surface area (Å²) in [5.74, 6) is -1.32. The van der Waals surface area contributed by atoms with Crippen molar-refractivity contribution >= 4 is 18.2 Å². The number of aliphatic carboxylic acids is 1. The van der Waals surface area contributed by atoms with Gasteiger partial charge in [0.25, 0.3) is 0 Å². The van der Waals surface area contributed by atoms with Crippen molar-refractivity contribution in [2.45, 2.75) is 46.1 Å². The van der Waals surface area contributed by atoms with Crippen molar-refractivity contribution < 1.29 is 29.0 Å². The first-order valence-corrected chi connectivity index (χ1v) is 6.06. The molecule has 7 heteroatoms. The highest BCUT2D eigenvalue weighted by Gasteiger charge is 2.30. The summed E-state index contributed by atoms with van der Waals surface area (Å²) in [7, 11) is 0. The standard InChI is InChI=1S/C12H21NO6/c1-5-6-7-18-10(16)13(8-9(14)15)11(17)19-12(2,3)4/h5-8H2,1-4H3,(H,14,15). The van der Waals surface area contributed by atoms with Crippen molar-refractivity contribution in [3.8, 4) is 0 Å². The minimum atomic E-state index is -1.32. The Morgan fingerprint density at radius 2 is 1.74 bits per heavy atom. The second-order valence-electron chi connectivity index (χ2n) is 4.93. The SMILES string of the molecule is CCCCOC(=O)N(CC(=O)O)C(=O)OC(C)(C)C. The van der Waals surface area contributed by atoms with Crippen LogP contribution >= 0.6 is 0 Å². The molecule has 0 aromatic rings. The molecule has 0 bridgehead atoms. The van der Waals surface area contributed by atoms with Gasteiger partial charge in [0, 0.05) is 0 Å². The predicted octanol–water partition coefficient (Wildman–Crippen LogP) is 2.24. The number of carbonyl (C=O) groups excluding carboxylic acids is 2. The zero-order chi connectivity index (χ0) is 15.1. The van der Waals surface area contributed by atoms with Crippen LogP contribution in [0.15, 0.2) is 0 Å². The van der Waals surface area contributed by atoms with Gasteiger partial charge in [-0.05, 0) is 27.2 Å². The van der Waals surface area contributed by atoms with Crippen molar-refractivity contribution in [1.82, 2.24) is 4.90 Å². The van der Waals surface area contributed by atoms with E-state index in [-0.39, 0.29) is 6.61 Å². The zero-order valence-electron chi connectivity index (χ0n) is 11.8. The molecular weight excluding hydrogens is 254 g/mol. The molecule has 0 aliphatic heterocycles. The fourth-order valence-corrected chi connectivity index (χ4v) is 1.04. The van der Waals surface area contributed by atoms with E-state index in [0.717, 1.165) is 6.42 Å². The van der Waals surface area contributed by atoms with Crippen LogP contribution in [0.3, 0.4) is 0 Å². The molecule has 0 radical (unpaired) electrons. The number of ether oxygens (including phenoxy) is 2. The van der Waals surface area contributed by atoms with Gasteiger partial charge in [0.2, 0.25) is 0 Å². The summed E-state index contributed by atoms with van der Waals surface area (Å²) in [6.45, 7) is 6.11. The van der Waals surface area contributed by atoms with Gasteiger partial charge in [-0.15, -0.1) is 0 Å². The quantitative estimate of drug-likeness (QED) is 0.773. The lowest BCUT2D eigenvalue weighted by molar-refractivity contribution is -0.138. The lowest BCUT2D eigenvalue weighted by Crippen LogP contribution is -2.44. The first-order valence-electron chi connectivity index (χ1n) is 6.06. The Morgan fingerprint density at radius 3 is 2.16 bits per heavy atom. The lowest BCUT2D eigenvalue weighted by atomic mass is 10.2. The minimum absolute atomic E-state index is 0.133. The summed E-state index contributed by atoms with van der Waals surface area (Å²) < 4.78 is 9.75. The van der Waals surface area contributed by atoms with E-state index in [1.165, 1.54) is 0 Å². The fraction of sp³-hybridized carbons (Fsp3) is 0.750. The third kappa shape index (κ3) is 8.01. The Labute approximate surface area is 112 Å². The number of hydrogen-bond donors (Lipinski definition) is 1. The van der Waals surface area contributed by atoms with E-state index in [4.69, 9.17) is 14.6 Å². The van der Waals surface area contributed by atoms with Crippen molar-refractivity contribution in [3.05, 3.63) is 0 Å². The van der Waals surface area contributed by atoms with Gasteiger partial charge in [-0.3, -0.25) is 4.79 Å². The van der Waals surface area contributed by atoms with Crippen molar-refractivity contribution in [2.24, 2.45) is 0 Å². The van der Waals surface area contributed by atoms with Crippen LogP contribution in [-0.2, 0) is 14.3 Å². The second-order valence-corrected chi connectivity index (χ2v) is 4.93. The van der Waals surface area contributed by atoms with Crippen LogP contribution in [0.1, 0.15) is 40.5 Å². The Balaban J connectivity index is 4.65. The number of carboxylic acids is 1. The van der Waals surface area contributed by atoms with Gasteiger partial charge in [-0.25, -0.2) is 14.5 Å². The molecule has 0 heterocycles. The van der Waals surface area contributed by atoms with Gasteiger partial charge in [0.05, 0.1) is 6.61 Å². The Bertz CT molecular complexity index is 334. The molecule has 110 valence electrons. The van der Waals surface area contributed by atoms with Gasteiger partial charge in [0.1, 0.15) is 12.1 Å². The third-order valence-corrected chi connectivity index (χ3v) is 1.85. The van der Waals surface area contributed by atoms with Crippen LogP contribution in [0.25, 0.3) is 0 Å². The highest BCUT2D eigenvalue weighted by atomic mass is 16.6. The number of rotatable bonds is 5. The maximum Gasteiger partial charge on any atom is 0.420 e. The van der Waals surface area contributed by atoms with Gasteiger partial charge in [0.15, 0.2) is 0 Å².